The van der Waals surface area contributed by atoms with Crippen molar-refractivity contribution in [1.82, 2.24) is 0 Å². The van der Waals surface area contributed by atoms with Crippen LogP contribution in [0.3, 0.4) is 0 Å². The molecular formula is C12H14FN. The van der Waals surface area contributed by atoms with E-state index < -0.39 is 0 Å². The second-order valence-corrected chi connectivity index (χ2v) is 4.05. The van der Waals surface area contributed by atoms with E-state index in [9.17, 15) is 4.39 Å². The molecule has 0 bridgehead atoms. The van der Waals surface area contributed by atoms with Crippen LogP contribution >= 0.6 is 0 Å². The Labute approximate surface area is 83.7 Å². The molecule has 0 aromatic heterocycles. The van der Waals surface area contributed by atoms with Crippen LogP contribution in [0.4, 0.5) is 4.39 Å². The van der Waals surface area contributed by atoms with Crippen LogP contribution in [0.2, 0.25) is 0 Å². The van der Waals surface area contributed by atoms with Crippen LogP contribution in [0, 0.1) is 11.8 Å². The predicted molar refractivity (Wildman–Crippen MR) is 56.8 cm³/mol. The highest BCUT2D eigenvalue weighted by molar-refractivity contribution is 5.95. The first-order chi connectivity index (χ1) is 6.59. The molecule has 1 nitrogen and oxygen atoms in total. The van der Waals surface area contributed by atoms with Gasteiger partial charge in [-0.05, 0) is 32.1 Å². The van der Waals surface area contributed by atoms with E-state index in [1.165, 1.54) is 11.6 Å². The van der Waals surface area contributed by atoms with Crippen LogP contribution in [0.15, 0.2) is 40.3 Å². The fourth-order valence-electron chi connectivity index (χ4n) is 2.23. The number of fused-ring (bicyclic) bond motifs is 1. The van der Waals surface area contributed by atoms with Crippen LogP contribution in [0.1, 0.15) is 20.8 Å². The predicted octanol–water partition coefficient (Wildman–Crippen LogP) is 3.41. The molecule has 0 saturated carbocycles. The summed E-state index contributed by atoms with van der Waals surface area (Å²) >= 11 is 0. The van der Waals surface area contributed by atoms with Crippen LogP contribution < -0.4 is 0 Å². The monoisotopic (exact) mass is 191 g/mol. The van der Waals surface area contributed by atoms with E-state index in [0.29, 0.717) is 0 Å². The summed E-state index contributed by atoms with van der Waals surface area (Å²) in [7, 11) is 0. The smallest absolute Gasteiger partial charge is 0.104 e. The summed E-state index contributed by atoms with van der Waals surface area (Å²) in [5.74, 6) is 0.0352. The SMILES string of the molecule is CC1=CC(C)=NC2=CC=C(F)C(C)C12. The van der Waals surface area contributed by atoms with Crippen LogP contribution in [0.25, 0.3) is 0 Å². The molecule has 0 aromatic carbocycles. The van der Waals surface area contributed by atoms with Gasteiger partial charge in [-0.15, -0.1) is 0 Å². The Hall–Kier alpha value is -1.18. The molecular weight excluding hydrogens is 177 g/mol. The molecule has 1 heterocycles. The Bertz CT molecular complexity index is 385. The average molecular weight is 191 g/mol. The molecule has 0 fully saturated rings. The first kappa shape index (κ1) is 9.38. The van der Waals surface area contributed by atoms with Crippen molar-refractivity contribution in [2.45, 2.75) is 20.8 Å². The van der Waals surface area contributed by atoms with Crippen LogP contribution in [-0.2, 0) is 0 Å². The largest absolute Gasteiger partial charge is 0.258 e. The zero-order valence-corrected chi connectivity index (χ0v) is 8.71. The van der Waals surface area contributed by atoms with E-state index in [-0.39, 0.29) is 17.7 Å². The van der Waals surface area contributed by atoms with Gasteiger partial charge in [-0.1, -0.05) is 12.5 Å². The zero-order chi connectivity index (χ0) is 10.3. The second kappa shape index (κ2) is 3.19. The van der Waals surface area contributed by atoms with Gasteiger partial charge in [0.1, 0.15) is 5.83 Å². The molecule has 2 rings (SSSR count). The zero-order valence-electron chi connectivity index (χ0n) is 8.71. The molecule has 2 heteroatoms. The Morgan fingerprint density at radius 1 is 1.29 bits per heavy atom. The van der Waals surface area contributed by atoms with Gasteiger partial charge in [-0.25, -0.2) is 4.39 Å². The van der Waals surface area contributed by atoms with Crippen LogP contribution in [-0.4, -0.2) is 5.71 Å². The Balaban J connectivity index is 2.47. The minimum Gasteiger partial charge on any atom is -0.258 e. The molecule has 14 heavy (non-hydrogen) atoms. The minimum absolute atomic E-state index is 0.0405. The van der Waals surface area contributed by atoms with Gasteiger partial charge < -0.3 is 0 Å². The minimum atomic E-state index is -0.0666. The molecule has 0 spiro atoms. The topological polar surface area (TPSA) is 12.4 Å². The first-order valence-electron chi connectivity index (χ1n) is 4.90. The number of halogens is 1. The maximum atomic E-state index is 13.4. The molecule has 0 radical (unpaired) electrons. The maximum absolute atomic E-state index is 13.4. The summed E-state index contributed by atoms with van der Waals surface area (Å²) in [5, 5.41) is 0. The van der Waals surface area contributed by atoms with Gasteiger partial charge in [0, 0.05) is 23.2 Å². The van der Waals surface area contributed by atoms with Crippen molar-refractivity contribution in [3.63, 3.8) is 0 Å². The van der Waals surface area contributed by atoms with Crippen molar-refractivity contribution in [2.75, 3.05) is 0 Å². The number of dihydropyridines is 1. The molecule has 1 aliphatic heterocycles. The Morgan fingerprint density at radius 2 is 2.00 bits per heavy atom. The molecule has 1 aliphatic carbocycles. The molecule has 2 atom stereocenters. The summed E-state index contributed by atoms with van der Waals surface area (Å²) < 4.78 is 13.4. The highest BCUT2D eigenvalue weighted by atomic mass is 19.1. The number of allylic oxidation sites excluding steroid dienone is 5. The Morgan fingerprint density at radius 3 is 2.71 bits per heavy atom. The summed E-state index contributed by atoms with van der Waals surface area (Å²) in [6.45, 7) is 5.93. The van der Waals surface area contributed by atoms with Gasteiger partial charge >= 0.3 is 0 Å². The lowest BCUT2D eigenvalue weighted by Crippen LogP contribution is -2.21. The lowest BCUT2D eigenvalue weighted by molar-refractivity contribution is 0.412. The second-order valence-electron chi connectivity index (χ2n) is 4.05. The van der Waals surface area contributed by atoms with E-state index in [2.05, 4.69) is 4.99 Å². The van der Waals surface area contributed by atoms with Crippen molar-refractivity contribution < 1.29 is 4.39 Å². The fourth-order valence-corrected chi connectivity index (χ4v) is 2.23. The lowest BCUT2D eigenvalue weighted by atomic mass is 9.79. The highest BCUT2D eigenvalue weighted by Gasteiger charge is 2.30. The van der Waals surface area contributed by atoms with Gasteiger partial charge in [-0.2, -0.15) is 0 Å². The molecule has 0 N–H and O–H groups in total. The van der Waals surface area contributed by atoms with Crippen molar-refractivity contribution in [1.29, 1.82) is 0 Å². The quantitative estimate of drug-likeness (QED) is 0.556. The molecule has 0 amide bonds. The van der Waals surface area contributed by atoms with E-state index >= 15 is 0 Å². The van der Waals surface area contributed by atoms with Gasteiger partial charge in [-0.3, -0.25) is 4.99 Å². The molecule has 2 unspecified atom stereocenters. The number of rotatable bonds is 0. The third kappa shape index (κ3) is 1.35. The molecule has 2 aliphatic rings. The highest BCUT2D eigenvalue weighted by Crippen LogP contribution is 2.39. The third-order valence-electron chi connectivity index (χ3n) is 2.90. The van der Waals surface area contributed by atoms with Crippen molar-refractivity contribution >= 4 is 5.71 Å². The lowest BCUT2D eigenvalue weighted by Gasteiger charge is -2.29. The number of nitrogens with zero attached hydrogens (tertiary/aromatic N) is 1. The van der Waals surface area contributed by atoms with E-state index in [1.54, 1.807) is 6.08 Å². The third-order valence-corrected chi connectivity index (χ3v) is 2.90. The van der Waals surface area contributed by atoms with Crippen LogP contribution in [0.5, 0.6) is 0 Å². The van der Waals surface area contributed by atoms with Gasteiger partial charge in [0.15, 0.2) is 0 Å². The average Bonchev–Trinajstić information content (AvgIpc) is 2.10. The molecule has 0 aromatic rings. The van der Waals surface area contributed by atoms with Crippen molar-refractivity contribution in [2.24, 2.45) is 16.8 Å². The molecule has 74 valence electrons. The van der Waals surface area contributed by atoms with Gasteiger partial charge in [0.2, 0.25) is 0 Å². The Kier molecular flexibility index (Phi) is 2.14. The summed E-state index contributed by atoms with van der Waals surface area (Å²) in [6, 6.07) is 0. The molecule has 0 saturated heterocycles. The summed E-state index contributed by atoms with van der Waals surface area (Å²) in [5.41, 5.74) is 3.21. The summed E-state index contributed by atoms with van der Waals surface area (Å²) in [6.07, 6.45) is 5.36. The number of aliphatic imine (C=N–C) groups is 1. The normalized spacial score (nSPS) is 31.1. The van der Waals surface area contributed by atoms with E-state index in [0.717, 1.165) is 11.4 Å². The fraction of sp³-hybridized carbons (Fsp3) is 0.417. The van der Waals surface area contributed by atoms with E-state index in [4.69, 9.17) is 0 Å². The first-order valence-corrected chi connectivity index (χ1v) is 4.90. The summed E-state index contributed by atoms with van der Waals surface area (Å²) in [4.78, 5) is 4.43. The van der Waals surface area contributed by atoms with Gasteiger partial charge in [0.25, 0.3) is 0 Å². The van der Waals surface area contributed by atoms with Crippen molar-refractivity contribution in [3.8, 4) is 0 Å². The maximum Gasteiger partial charge on any atom is 0.104 e. The van der Waals surface area contributed by atoms with E-state index in [1.807, 2.05) is 26.8 Å². The van der Waals surface area contributed by atoms with Crippen molar-refractivity contribution in [3.05, 3.63) is 35.3 Å². The number of hydrogen-bond acceptors (Lipinski definition) is 1. The van der Waals surface area contributed by atoms with Gasteiger partial charge in [0.05, 0.1) is 0 Å². The standard InChI is InChI=1S/C12H14FN/c1-7-6-8(2)14-11-5-4-10(13)9(3)12(7)11/h4-6,9,12H,1-3H3. The number of hydrogen-bond donors (Lipinski definition) is 0.